The number of carbonyl (C=O) groups is 1. The van der Waals surface area contributed by atoms with Crippen molar-refractivity contribution in [3.8, 4) is 5.75 Å². The van der Waals surface area contributed by atoms with Crippen LogP contribution in [0.4, 0.5) is 4.39 Å². The summed E-state index contributed by atoms with van der Waals surface area (Å²) in [6.45, 7) is 0.310. The maximum Gasteiger partial charge on any atom is 0.325 e. The molecule has 0 saturated carbocycles. The maximum absolute atomic E-state index is 12.7. The molecule has 104 valence electrons. The molecule has 0 aliphatic rings. The molecule has 0 radical (unpaired) electrons. The van der Waals surface area contributed by atoms with Crippen LogP contribution in [0.25, 0.3) is 0 Å². The first-order valence-electron chi connectivity index (χ1n) is 6.02. The Labute approximate surface area is 115 Å². The molecular weight excluding hydrogens is 261 g/mol. The number of ether oxygens (including phenoxy) is 1. The molecule has 0 aromatic heterocycles. The van der Waals surface area contributed by atoms with E-state index in [4.69, 9.17) is 15.6 Å². The van der Waals surface area contributed by atoms with Gasteiger partial charge in [-0.15, -0.1) is 0 Å². The van der Waals surface area contributed by atoms with Crippen LogP contribution in [0.5, 0.6) is 5.75 Å². The van der Waals surface area contributed by atoms with Crippen molar-refractivity contribution in [1.29, 1.82) is 0 Å². The molecule has 2 aromatic rings. The van der Waals surface area contributed by atoms with Gasteiger partial charge >= 0.3 is 5.97 Å². The van der Waals surface area contributed by atoms with Gasteiger partial charge in [0.25, 0.3) is 0 Å². The van der Waals surface area contributed by atoms with Crippen molar-refractivity contribution in [2.75, 3.05) is 0 Å². The Morgan fingerprint density at radius 2 is 1.75 bits per heavy atom. The summed E-state index contributed by atoms with van der Waals surface area (Å²) in [5, 5.41) is 8.79. The lowest BCUT2D eigenvalue weighted by atomic mass is 10.1. The minimum Gasteiger partial charge on any atom is -0.489 e. The molecule has 0 spiro atoms. The van der Waals surface area contributed by atoms with Crippen LogP contribution in [-0.2, 0) is 11.4 Å². The van der Waals surface area contributed by atoms with Gasteiger partial charge in [-0.05, 0) is 35.4 Å². The molecule has 3 N–H and O–H groups in total. The Morgan fingerprint density at radius 1 is 1.15 bits per heavy atom. The Kier molecular flexibility index (Phi) is 4.32. The van der Waals surface area contributed by atoms with Crippen LogP contribution < -0.4 is 10.5 Å². The second-order valence-corrected chi connectivity index (χ2v) is 4.30. The highest BCUT2D eigenvalue weighted by molar-refractivity contribution is 5.75. The SMILES string of the molecule is N[C@H](C(=O)O)c1ccc(OCc2ccc(F)cc2)cc1. The molecular formula is C15H14FNO3. The number of benzene rings is 2. The zero-order chi connectivity index (χ0) is 14.5. The number of hydrogen-bond acceptors (Lipinski definition) is 3. The Morgan fingerprint density at radius 3 is 2.30 bits per heavy atom. The smallest absolute Gasteiger partial charge is 0.325 e. The topological polar surface area (TPSA) is 72.6 Å². The van der Waals surface area contributed by atoms with Gasteiger partial charge in [0.05, 0.1) is 0 Å². The summed E-state index contributed by atoms with van der Waals surface area (Å²) in [4.78, 5) is 10.7. The molecule has 0 heterocycles. The van der Waals surface area contributed by atoms with Gasteiger partial charge < -0.3 is 15.6 Å². The highest BCUT2D eigenvalue weighted by atomic mass is 19.1. The second-order valence-electron chi connectivity index (χ2n) is 4.30. The summed E-state index contributed by atoms with van der Waals surface area (Å²) in [7, 11) is 0. The van der Waals surface area contributed by atoms with E-state index in [1.165, 1.54) is 12.1 Å². The van der Waals surface area contributed by atoms with E-state index in [0.717, 1.165) is 5.56 Å². The minimum absolute atomic E-state index is 0.291. The van der Waals surface area contributed by atoms with E-state index < -0.39 is 12.0 Å². The van der Waals surface area contributed by atoms with Crippen molar-refractivity contribution in [2.24, 2.45) is 5.73 Å². The van der Waals surface area contributed by atoms with Gasteiger partial charge in [-0.3, -0.25) is 4.79 Å². The van der Waals surface area contributed by atoms with Gasteiger partial charge in [0, 0.05) is 0 Å². The van der Waals surface area contributed by atoms with Gasteiger partial charge in [0.1, 0.15) is 24.2 Å². The van der Waals surface area contributed by atoms with E-state index in [1.807, 2.05) is 0 Å². The number of nitrogens with two attached hydrogens (primary N) is 1. The largest absolute Gasteiger partial charge is 0.489 e. The summed E-state index contributed by atoms with van der Waals surface area (Å²) >= 11 is 0. The van der Waals surface area contributed by atoms with Crippen LogP contribution in [0.15, 0.2) is 48.5 Å². The monoisotopic (exact) mass is 275 g/mol. The molecule has 2 rings (SSSR count). The lowest BCUT2D eigenvalue weighted by Gasteiger charge is -2.09. The number of aliphatic carboxylic acids is 1. The van der Waals surface area contributed by atoms with Gasteiger partial charge in [0.2, 0.25) is 0 Å². The first kappa shape index (κ1) is 14.0. The molecule has 0 aliphatic carbocycles. The number of carboxylic acids is 1. The molecule has 0 bridgehead atoms. The molecule has 0 saturated heterocycles. The second kappa shape index (κ2) is 6.16. The standard InChI is InChI=1S/C15H14FNO3/c16-12-5-1-10(2-6-12)9-20-13-7-3-11(4-8-13)14(17)15(18)19/h1-8,14H,9,17H2,(H,18,19)/t14-/m0/s1. The lowest BCUT2D eigenvalue weighted by Crippen LogP contribution is -2.20. The Balaban J connectivity index is 1.97. The predicted octanol–water partition coefficient (Wildman–Crippen LogP) is 2.49. The number of hydrogen-bond donors (Lipinski definition) is 2. The quantitative estimate of drug-likeness (QED) is 0.879. The summed E-state index contributed by atoms with van der Waals surface area (Å²) in [6.07, 6.45) is 0. The highest BCUT2D eigenvalue weighted by Gasteiger charge is 2.13. The summed E-state index contributed by atoms with van der Waals surface area (Å²) in [6, 6.07) is 11.5. The maximum atomic E-state index is 12.7. The molecule has 2 aromatic carbocycles. The Bertz CT molecular complexity index is 581. The molecule has 20 heavy (non-hydrogen) atoms. The third-order valence-electron chi connectivity index (χ3n) is 2.82. The first-order chi connectivity index (χ1) is 9.56. The van der Waals surface area contributed by atoms with Crippen LogP contribution in [0.2, 0.25) is 0 Å². The van der Waals surface area contributed by atoms with Crippen molar-refractivity contribution < 1.29 is 19.0 Å². The van der Waals surface area contributed by atoms with Crippen LogP contribution in [0, 0.1) is 5.82 Å². The Hall–Kier alpha value is -2.40. The lowest BCUT2D eigenvalue weighted by molar-refractivity contribution is -0.138. The average Bonchev–Trinajstić information content (AvgIpc) is 2.46. The fraction of sp³-hybridized carbons (Fsp3) is 0.133. The molecule has 0 fully saturated rings. The van der Waals surface area contributed by atoms with Gasteiger partial charge in [0.15, 0.2) is 0 Å². The van der Waals surface area contributed by atoms with Gasteiger partial charge in [-0.1, -0.05) is 24.3 Å². The molecule has 0 aliphatic heterocycles. The molecule has 0 unspecified atom stereocenters. The normalized spacial score (nSPS) is 11.9. The van der Waals surface area contributed by atoms with Crippen LogP contribution in [0.3, 0.4) is 0 Å². The van der Waals surface area contributed by atoms with Crippen LogP contribution >= 0.6 is 0 Å². The fourth-order valence-electron chi connectivity index (χ4n) is 1.66. The molecule has 0 amide bonds. The molecule has 1 atom stereocenters. The van der Waals surface area contributed by atoms with Gasteiger partial charge in [-0.2, -0.15) is 0 Å². The van der Waals surface area contributed by atoms with Crippen molar-refractivity contribution in [3.63, 3.8) is 0 Å². The number of halogens is 1. The zero-order valence-corrected chi connectivity index (χ0v) is 10.6. The third kappa shape index (κ3) is 3.55. The predicted molar refractivity (Wildman–Crippen MR) is 71.7 cm³/mol. The fourth-order valence-corrected chi connectivity index (χ4v) is 1.66. The van der Waals surface area contributed by atoms with Crippen molar-refractivity contribution in [3.05, 3.63) is 65.5 Å². The summed E-state index contributed by atoms with van der Waals surface area (Å²) < 4.78 is 18.3. The van der Waals surface area contributed by atoms with Crippen molar-refractivity contribution >= 4 is 5.97 Å². The minimum atomic E-state index is -1.08. The average molecular weight is 275 g/mol. The van der Waals surface area contributed by atoms with Crippen LogP contribution in [0.1, 0.15) is 17.2 Å². The van der Waals surface area contributed by atoms with Crippen LogP contribution in [-0.4, -0.2) is 11.1 Å². The zero-order valence-electron chi connectivity index (χ0n) is 10.6. The molecule has 4 nitrogen and oxygen atoms in total. The van der Waals surface area contributed by atoms with E-state index >= 15 is 0 Å². The number of carboxylic acid groups (broad SMARTS) is 1. The van der Waals surface area contributed by atoms with Crippen molar-refractivity contribution in [1.82, 2.24) is 0 Å². The van der Waals surface area contributed by atoms with E-state index in [0.29, 0.717) is 17.9 Å². The van der Waals surface area contributed by atoms with E-state index in [2.05, 4.69) is 0 Å². The van der Waals surface area contributed by atoms with Crippen molar-refractivity contribution in [2.45, 2.75) is 12.6 Å². The highest BCUT2D eigenvalue weighted by Crippen LogP contribution is 2.18. The first-order valence-corrected chi connectivity index (χ1v) is 6.02. The van der Waals surface area contributed by atoms with E-state index in [1.54, 1.807) is 36.4 Å². The number of rotatable bonds is 5. The molecule has 5 heteroatoms. The van der Waals surface area contributed by atoms with E-state index in [-0.39, 0.29) is 5.82 Å². The summed E-state index contributed by atoms with van der Waals surface area (Å²) in [5.74, 6) is -0.776. The summed E-state index contributed by atoms with van der Waals surface area (Å²) in [5.41, 5.74) is 6.84. The van der Waals surface area contributed by atoms with E-state index in [9.17, 15) is 9.18 Å². The third-order valence-corrected chi connectivity index (χ3v) is 2.82. The van der Waals surface area contributed by atoms with Gasteiger partial charge in [-0.25, -0.2) is 4.39 Å².